The molecule has 0 amide bonds. The minimum atomic E-state index is -1.26. The summed E-state index contributed by atoms with van der Waals surface area (Å²) in [6.45, 7) is 11.4. The van der Waals surface area contributed by atoms with Crippen LogP contribution in [0.1, 0.15) is 89.3 Å². The molecule has 0 spiro atoms. The van der Waals surface area contributed by atoms with Gasteiger partial charge in [-0.05, 0) is 62.6 Å². The van der Waals surface area contributed by atoms with Crippen LogP contribution in [0.15, 0.2) is 42.5 Å². The fourth-order valence-corrected chi connectivity index (χ4v) is 6.06. The third-order valence-electron chi connectivity index (χ3n) is 8.03. The van der Waals surface area contributed by atoms with E-state index in [1.54, 1.807) is 31.3 Å². The second-order valence-corrected chi connectivity index (χ2v) is 12.6. The van der Waals surface area contributed by atoms with Crippen LogP contribution < -0.4 is 5.73 Å². The number of benzene rings is 1. The molecule has 2 heterocycles. The van der Waals surface area contributed by atoms with E-state index in [9.17, 15) is 19.8 Å². The molecule has 0 radical (unpaired) electrons. The summed E-state index contributed by atoms with van der Waals surface area (Å²) in [5.41, 5.74) is 7.33. The number of aromatic nitrogens is 1. The first-order valence-corrected chi connectivity index (χ1v) is 14.7. The Labute approximate surface area is 236 Å². The van der Waals surface area contributed by atoms with Crippen LogP contribution in [0.3, 0.4) is 0 Å². The molecule has 0 saturated carbocycles. The Morgan fingerprint density at radius 2 is 2.03 bits per heavy atom. The van der Waals surface area contributed by atoms with Gasteiger partial charge in [0.05, 0.1) is 34.3 Å². The highest BCUT2D eigenvalue weighted by molar-refractivity contribution is 7.18. The van der Waals surface area contributed by atoms with Crippen LogP contribution in [0.4, 0.5) is 0 Å². The Kier molecular flexibility index (Phi) is 11.0. The number of nitrogens with two attached hydrogens (primary N) is 1. The van der Waals surface area contributed by atoms with Gasteiger partial charge in [0.25, 0.3) is 0 Å². The molecule has 0 aliphatic carbocycles. The molecule has 3 rings (SSSR count). The van der Waals surface area contributed by atoms with E-state index < -0.39 is 35.6 Å². The lowest BCUT2D eigenvalue weighted by molar-refractivity contribution is -0.156. The third kappa shape index (κ3) is 7.84. The molecule has 1 aliphatic rings. The van der Waals surface area contributed by atoms with Crippen LogP contribution in [0.2, 0.25) is 0 Å². The second kappa shape index (κ2) is 13.8. The Bertz CT molecular complexity index is 1190. The number of rotatable bonds is 5. The number of allylic oxidation sites excluding steroid dienone is 2. The number of aliphatic hydroxyl groups excluding tert-OH is 2. The molecule has 4 N–H and O–H groups in total. The van der Waals surface area contributed by atoms with E-state index in [0.29, 0.717) is 25.8 Å². The Hall–Kier alpha value is -2.39. The average molecular weight is 557 g/mol. The number of carbonyl (C=O) groups excluding carboxylic acids is 2. The summed E-state index contributed by atoms with van der Waals surface area (Å²) in [6.07, 6.45) is 4.85. The van der Waals surface area contributed by atoms with Crippen LogP contribution in [0, 0.1) is 17.3 Å². The maximum atomic E-state index is 13.7. The Morgan fingerprint density at radius 1 is 1.28 bits per heavy atom. The summed E-state index contributed by atoms with van der Waals surface area (Å²) >= 11 is 1.54. The minimum absolute atomic E-state index is 0.0848. The number of ketones is 1. The molecule has 214 valence electrons. The van der Waals surface area contributed by atoms with Gasteiger partial charge >= 0.3 is 5.97 Å². The van der Waals surface area contributed by atoms with Crippen LogP contribution >= 0.6 is 11.3 Å². The number of carbonyl (C=O) groups is 2. The Morgan fingerprint density at radius 3 is 2.72 bits per heavy atom. The van der Waals surface area contributed by atoms with Gasteiger partial charge in [-0.25, -0.2) is 4.98 Å². The van der Waals surface area contributed by atoms with Gasteiger partial charge < -0.3 is 20.7 Å². The number of nitrogens with zero attached hydrogens (tertiary/aromatic N) is 1. The third-order valence-corrected chi connectivity index (χ3v) is 9.09. The molecule has 7 nitrogen and oxygen atoms in total. The smallest absolute Gasteiger partial charge is 0.309 e. The van der Waals surface area contributed by atoms with E-state index in [1.165, 1.54) is 5.57 Å². The summed E-state index contributed by atoms with van der Waals surface area (Å²) in [4.78, 5) is 31.4. The van der Waals surface area contributed by atoms with Gasteiger partial charge in [0, 0.05) is 18.9 Å². The summed E-state index contributed by atoms with van der Waals surface area (Å²) in [7, 11) is 0. The maximum absolute atomic E-state index is 13.7. The van der Waals surface area contributed by atoms with Crippen molar-refractivity contribution < 1.29 is 24.5 Å². The van der Waals surface area contributed by atoms with Crippen LogP contribution in [0.5, 0.6) is 0 Å². The molecule has 5 atom stereocenters. The molecule has 0 fully saturated rings. The molecule has 2 aromatic rings. The lowest BCUT2D eigenvalue weighted by atomic mass is 9.71. The average Bonchev–Trinajstić information content (AvgIpc) is 3.32. The second-order valence-electron chi connectivity index (χ2n) is 11.4. The molecule has 1 aromatic heterocycles. The van der Waals surface area contributed by atoms with Crippen molar-refractivity contribution in [1.29, 1.82) is 0 Å². The summed E-state index contributed by atoms with van der Waals surface area (Å²) in [6, 6.07) is 5.84. The Balaban J connectivity index is 1.93. The monoisotopic (exact) mass is 556 g/mol. The van der Waals surface area contributed by atoms with E-state index in [4.69, 9.17) is 10.5 Å². The topological polar surface area (TPSA) is 123 Å². The van der Waals surface area contributed by atoms with Gasteiger partial charge in [-0.2, -0.15) is 0 Å². The highest BCUT2D eigenvalue weighted by atomic mass is 32.1. The minimum Gasteiger partial charge on any atom is -0.457 e. The van der Waals surface area contributed by atoms with Crippen molar-refractivity contribution in [3.63, 3.8) is 0 Å². The largest absolute Gasteiger partial charge is 0.457 e. The standard InChI is InChI=1S/C31H44N2O5S/c1-6-7-11-22-29(36)20(3)10-8-9-19(2)12-14-24(38-28(35)17-26(34)31(4,5)30(22)37)21-13-15-25-23(16-21)33-27(18-32)39-25/h6,12-13,15-16,20,22,24,26,29,34,36H,1,7-11,14,17-18,32H2,2-5H3/b19-12+. The number of hydrogen-bond acceptors (Lipinski definition) is 8. The predicted molar refractivity (Wildman–Crippen MR) is 156 cm³/mol. The predicted octanol–water partition coefficient (Wildman–Crippen LogP) is 5.79. The lowest BCUT2D eigenvalue weighted by Gasteiger charge is -2.36. The van der Waals surface area contributed by atoms with Crippen molar-refractivity contribution in [2.45, 2.75) is 97.5 Å². The molecule has 0 saturated heterocycles. The van der Waals surface area contributed by atoms with E-state index >= 15 is 0 Å². The van der Waals surface area contributed by atoms with Gasteiger partial charge in [0.2, 0.25) is 0 Å². The first kappa shape index (κ1) is 31.1. The van der Waals surface area contributed by atoms with Gasteiger partial charge in [0.1, 0.15) is 16.9 Å². The van der Waals surface area contributed by atoms with Crippen molar-refractivity contribution in [3.8, 4) is 0 Å². The number of thiazole rings is 1. The first-order valence-electron chi connectivity index (χ1n) is 13.9. The summed E-state index contributed by atoms with van der Waals surface area (Å²) in [5.74, 6) is -1.56. The molecule has 8 heteroatoms. The van der Waals surface area contributed by atoms with E-state index in [-0.39, 0.29) is 18.1 Å². The zero-order chi connectivity index (χ0) is 28.7. The number of esters is 1. The van der Waals surface area contributed by atoms with Crippen molar-refractivity contribution in [2.75, 3.05) is 0 Å². The number of fused-ring (bicyclic) bond motifs is 1. The highest BCUT2D eigenvalue weighted by Crippen LogP contribution is 2.35. The molecule has 5 unspecified atom stereocenters. The van der Waals surface area contributed by atoms with Gasteiger partial charge in [0.15, 0.2) is 0 Å². The molecule has 0 bridgehead atoms. The maximum Gasteiger partial charge on any atom is 0.309 e. The van der Waals surface area contributed by atoms with Crippen molar-refractivity contribution >= 4 is 33.3 Å². The quantitative estimate of drug-likeness (QED) is 0.315. The number of hydrogen-bond donors (Lipinski definition) is 3. The van der Waals surface area contributed by atoms with E-state index in [1.807, 2.05) is 25.1 Å². The van der Waals surface area contributed by atoms with Crippen LogP contribution in [0.25, 0.3) is 10.2 Å². The first-order chi connectivity index (χ1) is 18.5. The van der Waals surface area contributed by atoms with Crippen molar-refractivity contribution in [3.05, 3.63) is 53.1 Å². The van der Waals surface area contributed by atoms with Gasteiger partial charge in [-0.15, -0.1) is 17.9 Å². The zero-order valence-corrected chi connectivity index (χ0v) is 24.5. The van der Waals surface area contributed by atoms with Gasteiger partial charge in [-0.3, -0.25) is 9.59 Å². The van der Waals surface area contributed by atoms with E-state index in [2.05, 4.69) is 24.6 Å². The number of cyclic esters (lactones) is 1. The number of aliphatic hydroxyl groups is 2. The number of ether oxygens (including phenoxy) is 1. The summed E-state index contributed by atoms with van der Waals surface area (Å²) in [5, 5.41) is 23.1. The van der Waals surface area contributed by atoms with Crippen molar-refractivity contribution in [1.82, 2.24) is 4.98 Å². The molecular weight excluding hydrogens is 512 g/mol. The van der Waals surface area contributed by atoms with Crippen LogP contribution in [-0.2, 0) is 20.9 Å². The number of Topliss-reactive ketones (excluding diaryl/α,β-unsaturated/α-hetero) is 1. The molecular formula is C31H44N2O5S. The normalized spacial score (nSPS) is 29.0. The lowest BCUT2D eigenvalue weighted by Crippen LogP contribution is -2.46. The van der Waals surface area contributed by atoms with Crippen LogP contribution in [-0.4, -0.2) is 39.2 Å². The van der Waals surface area contributed by atoms with E-state index in [0.717, 1.165) is 40.1 Å². The zero-order valence-electron chi connectivity index (χ0n) is 23.7. The molecule has 1 aromatic carbocycles. The van der Waals surface area contributed by atoms with Crippen molar-refractivity contribution in [2.24, 2.45) is 23.0 Å². The fourth-order valence-electron chi connectivity index (χ4n) is 5.23. The molecule has 39 heavy (non-hydrogen) atoms. The SMILES string of the molecule is C=CCCC1C(=O)C(C)(C)C(O)CC(=O)OC(c2ccc3sc(CN)nc3c2)C/C=C(\C)CCCC(C)C1O. The fraction of sp³-hybridized carbons (Fsp3) is 0.581. The highest BCUT2D eigenvalue weighted by Gasteiger charge is 2.43. The van der Waals surface area contributed by atoms with Gasteiger partial charge in [-0.1, -0.05) is 44.6 Å². The summed E-state index contributed by atoms with van der Waals surface area (Å²) < 4.78 is 6.95. The molecule has 1 aliphatic heterocycles.